The lowest BCUT2D eigenvalue weighted by Crippen LogP contribution is -2.42. The highest BCUT2D eigenvalue weighted by atomic mass is 32.2. The maximum Gasteiger partial charge on any atom is 0.269 e. The molecule has 0 radical (unpaired) electrons. The first-order valence-electron chi connectivity index (χ1n) is 8.71. The largest absolute Gasteiger partial charge is 0.273 e. The predicted molar refractivity (Wildman–Crippen MR) is 101 cm³/mol. The van der Waals surface area contributed by atoms with E-state index in [-0.39, 0.29) is 28.8 Å². The SMILES string of the molecule is CCN(c1ccccc1)S(=O)(=O)c1ccc(C(=O)NNC(=O)C2CC2)cc1. The number of rotatable bonds is 6. The van der Waals surface area contributed by atoms with Crippen molar-refractivity contribution in [3.05, 3.63) is 60.2 Å². The number of hydrogen-bond acceptors (Lipinski definition) is 4. The number of benzene rings is 2. The van der Waals surface area contributed by atoms with E-state index in [0.717, 1.165) is 12.8 Å². The van der Waals surface area contributed by atoms with Crippen molar-refractivity contribution in [2.24, 2.45) is 5.92 Å². The van der Waals surface area contributed by atoms with Crippen LogP contribution in [0.5, 0.6) is 0 Å². The summed E-state index contributed by atoms with van der Waals surface area (Å²) >= 11 is 0. The molecule has 1 aliphatic rings. The van der Waals surface area contributed by atoms with Gasteiger partial charge in [0.2, 0.25) is 5.91 Å². The van der Waals surface area contributed by atoms with Gasteiger partial charge in [0.1, 0.15) is 0 Å². The van der Waals surface area contributed by atoms with Crippen LogP contribution in [0.15, 0.2) is 59.5 Å². The van der Waals surface area contributed by atoms with Crippen LogP contribution in [0.25, 0.3) is 0 Å². The third-order valence-corrected chi connectivity index (χ3v) is 6.20. The fourth-order valence-electron chi connectivity index (χ4n) is 2.63. The monoisotopic (exact) mass is 387 g/mol. The summed E-state index contributed by atoms with van der Waals surface area (Å²) in [5.41, 5.74) is 5.54. The lowest BCUT2D eigenvalue weighted by atomic mass is 10.2. The van der Waals surface area contributed by atoms with Crippen molar-refractivity contribution in [3.63, 3.8) is 0 Å². The van der Waals surface area contributed by atoms with Gasteiger partial charge in [-0.05, 0) is 56.2 Å². The average molecular weight is 387 g/mol. The third-order valence-electron chi connectivity index (χ3n) is 4.28. The zero-order chi connectivity index (χ0) is 19.4. The Morgan fingerprint density at radius 3 is 2.19 bits per heavy atom. The summed E-state index contributed by atoms with van der Waals surface area (Å²) in [5, 5.41) is 0. The van der Waals surface area contributed by atoms with Crippen LogP contribution in [-0.2, 0) is 14.8 Å². The van der Waals surface area contributed by atoms with Crippen molar-refractivity contribution in [1.29, 1.82) is 0 Å². The molecule has 7 nitrogen and oxygen atoms in total. The first kappa shape index (κ1) is 18.9. The second-order valence-corrected chi connectivity index (χ2v) is 8.11. The normalized spacial score (nSPS) is 13.7. The number of para-hydroxylation sites is 1. The molecule has 0 bridgehead atoms. The molecule has 3 rings (SSSR count). The van der Waals surface area contributed by atoms with Crippen LogP contribution < -0.4 is 15.2 Å². The summed E-state index contributed by atoms with van der Waals surface area (Å²) in [4.78, 5) is 23.7. The first-order valence-corrected chi connectivity index (χ1v) is 10.2. The molecule has 0 spiro atoms. The summed E-state index contributed by atoms with van der Waals surface area (Å²) in [5.74, 6) is -0.719. The molecule has 0 atom stereocenters. The van der Waals surface area contributed by atoms with Gasteiger partial charge in [0.15, 0.2) is 0 Å². The van der Waals surface area contributed by atoms with E-state index >= 15 is 0 Å². The summed E-state index contributed by atoms with van der Waals surface area (Å²) in [7, 11) is -3.74. The van der Waals surface area contributed by atoms with E-state index in [1.54, 1.807) is 31.2 Å². The molecule has 2 N–H and O–H groups in total. The van der Waals surface area contributed by atoms with Gasteiger partial charge in [0.25, 0.3) is 15.9 Å². The maximum absolute atomic E-state index is 12.9. The van der Waals surface area contributed by atoms with Gasteiger partial charge in [0, 0.05) is 18.0 Å². The minimum Gasteiger partial charge on any atom is -0.273 e. The Kier molecular flexibility index (Phi) is 5.46. The van der Waals surface area contributed by atoms with Gasteiger partial charge in [-0.25, -0.2) is 8.42 Å². The van der Waals surface area contributed by atoms with E-state index in [1.165, 1.54) is 28.6 Å². The molecule has 1 fully saturated rings. The Morgan fingerprint density at radius 1 is 1.00 bits per heavy atom. The van der Waals surface area contributed by atoms with Gasteiger partial charge in [-0.1, -0.05) is 18.2 Å². The molecule has 142 valence electrons. The molecule has 0 unspecified atom stereocenters. The highest BCUT2D eigenvalue weighted by Gasteiger charge is 2.30. The van der Waals surface area contributed by atoms with E-state index in [1.807, 2.05) is 6.07 Å². The quantitative estimate of drug-likeness (QED) is 0.742. The number of carbonyl (C=O) groups is 2. The van der Waals surface area contributed by atoms with Gasteiger partial charge in [-0.3, -0.25) is 24.7 Å². The Bertz CT molecular complexity index is 923. The number of amides is 2. The van der Waals surface area contributed by atoms with Crippen molar-refractivity contribution in [2.45, 2.75) is 24.7 Å². The number of nitrogens with zero attached hydrogens (tertiary/aromatic N) is 1. The lowest BCUT2D eigenvalue weighted by Gasteiger charge is -2.23. The van der Waals surface area contributed by atoms with E-state index in [4.69, 9.17) is 0 Å². The minimum atomic E-state index is -3.74. The molecule has 2 aromatic rings. The van der Waals surface area contributed by atoms with Crippen LogP contribution in [0.2, 0.25) is 0 Å². The summed E-state index contributed by atoms with van der Waals surface area (Å²) in [6, 6.07) is 14.4. The molecule has 8 heteroatoms. The highest BCUT2D eigenvalue weighted by molar-refractivity contribution is 7.92. The second-order valence-electron chi connectivity index (χ2n) is 6.25. The Balaban J connectivity index is 1.73. The zero-order valence-corrected chi connectivity index (χ0v) is 15.7. The average Bonchev–Trinajstić information content (AvgIpc) is 3.52. The summed E-state index contributed by atoms with van der Waals surface area (Å²) in [6.45, 7) is 2.04. The third kappa shape index (κ3) is 4.28. The van der Waals surface area contributed by atoms with Gasteiger partial charge < -0.3 is 0 Å². The van der Waals surface area contributed by atoms with E-state index in [2.05, 4.69) is 10.9 Å². The van der Waals surface area contributed by atoms with Crippen LogP contribution in [-0.4, -0.2) is 26.8 Å². The number of anilines is 1. The van der Waals surface area contributed by atoms with Gasteiger partial charge in [-0.2, -0.15) is 0 Å². The Morgan fingerprint density at radius 2 is 1.63 bits per heavy atom. The topological polar surface area (TPSA) is 95.6 Å². The van der Waals surface area contributed by atoms with Crippen LogP contribution in [0, 0.1) is 5.92 Å². The van der Waals surface area contributed by atoms with E-state index < -0.39 is 15.9 Å². The highest BCUT2D eigenvalue weighted by Crippen LogP contribution is 2.28. The zero-order valence-electron chi connectivity index (χ0n) is 14.9. The molecule has 1 aliphatic carbocycles. The van der Waals surface area contributed by atoms with E-state index in [0.29, 0.717) is 5.69 Å². The minimum absolute atomic E-state index is 0.0177. The number of hydrogen-bond donors (Lipinski definition) is 2. The smallest absolute Gasteiger partial charge is 0.269 e. The van der Waals surface area contributed by atoms with Crippen LogP contribution in [0.1, 0.15) is 30.1 Å². The van der Waals surface area contributed by atoms with Gasteiger partial charge in [0.05, 0.1) is 10.6 Å². The number of carbonyl (C=O) groups excluding carboxylic acids is 2. The van der Waals surface area contributed by atoms with Crippen molar-refractivity contribution < 1.29 is 18.0 Å². The molecule has 2 amide bonds. The fourth-order valence-corrected chi connectivity index (χ4v) is 4.10. The number of sulfonamides is 1. The van der Waals surface area contributed by atoms with Crippen LogP contribution in [0.3, 0.4) is 0 Å². The number of hydrazine groups is 1. The first-order chi connectivity index (χ1) is 12.9. The predicted octanol–water partition coefficient (Wildman–Crippen LogP) is 2.07. The molecule has 27 heavy (non-hydrogen) atoms. The van der Waals surface area contributed by atoms with Crippen LogP contribution in [0.4, 0.5) is 5.69 Å². The van der Waals surface area contributed by atoms with Crippen molar-refractivity contribution in [3.8, 4) is 0 Å². The maximum atomic E-state index is 12.9. The lowest BCUT2D eigenvalue weighted by molar-refractivity contribution is -0.123. The Labute approximate surface area is 158 Å². The van der Waals surface area contributed by atoms with Crippen LogP contribution >= 0.6 is 0 Å². The summed E-state index contributed by atoms with van der Waals surface area (Å²) in [6.07, 6.45) is 1.67. The van der Waals surface area contributed by atoms with Crippen molar-refractivity contribution in [1.82, 2.24) is 10.9 Å². The second kappa shape index (κ2) is 7.79. The molecule has 0 aromatic heterocycles. The van der Waals surface area contributed by atoms with Crippen molar-refractivity contribution >= 4 is 27.5 Å². The van der Waals surface area contributed by atoms with Gasteiger partial charge in [-0.15, -0.1) is 0 Å². The van der Waals surface area contributed by atoms with Crippen molar-refractivity contribution in [2.75, 3.05) is 10.8 Å². The summed E-state index contributed by atoms with van der Waals surface area (Å²) < 4.78 is 27.1. The molecule has 0 saturated heterocycles. The number of nitrogens with one attached hydrogen (secondary N) is 2. The molecule has 1 saturated carbocycles. The van der Waals surface area contributed by atoms with E-state index in [9.17, 15) is 18.0 Å². The molecular formula is C19H21N3O4S. The molecule has 0 heterocycles. The van der Waals surface area contributed by atoms with Gasteiger partial charge >= 0.3 is 0 Å². The molecular weight excluding hydrogens is 366 g/mol. The fraction of sp³-hybridized carbons (Fsp3) is 0.263. The molecule has 0 aliphatic heterocycles. The Hall–Kier alpha value is -2.87. The standard InChI is InChI=1S/C19H21N3O4S/c1-2-22(16-6-4-3-5-7-16)27(25,26)17-12-10-15(11-13-17)19(24)21-20-18(23)14-8-9-14/h3-7,10-14H,2,8-9H2,1H3,(H,20,23)(H,21,24). The molecule has 2 aromatic carbocycles.